The Morgan fingerprint density at radius 1 is 1.17 bits per heavy atom. The predicted octanol–water partition coefficient (Wildman–Crippen LogP) is 3.62. The molecule has 1 amide bonds. The first kappa shape index (κ1) is 16.2. The summed E-state index contributed by atoms with van der Waals surface area (Å²) in [5, 5.41) is 0. The molecule has 1 aromatic carbocycles. The summed E-state index contributed by atoms with van der Waals surface area (Å²) in [5.41, 5.74) is 3.99. The average Bonchev–Trinajstić information content (AvgIpc) is 2.97. The molecule has 3 aromatic rings. The topological polar surface area (TPSA) is 37.6 Å². The number of pyridine rings is 1. The van der Waals surface area contributed by atoms with Crippen LogP contribution in [0.2, 0.25) is 0 Å². The summed E-state index contributed by atoms with van der Waals surface area (Å²) < 4.78 is 1.98. The van der Waals surface area contributed by atoms with Gasteiger partial charge in [0.15, 0.2) is 0 Å². The highest BCUT2D eigenvalue weighted by Crippen LogP contribution is 2.14. The normalized spacial score (nSPS) is 11.2. The summed E-state index contributed by atoms with van der Waals surface area (Å²) in [4.78, 5) is 19.3. The van der Waals surface area contributed by atoms with Crippen LogP contribution in [0.1, 0.15) is 30.7 Å². The number of imidazole rings is 1. The highest BCUT2D eigenvalue weighted by molar-refractivity contribution is 5.78. The Morgan fingerprint density at radius 3 is 2.58 bits per heavy atom. The van der Waals surface area contributed by atoms with Crippen LogP contribution in [0.15, 0.2) is 54.9 Å². The van der Waals surface area contributed by atoms with E-state index in [0.29, 0.717) is 13.0 Å². The van der Waals surface area contributed by atoms with Crippen molar-refractivity contribution in [3.8, 4) is 0 Å². The Labute approximate surface area is 142 Å². The molecule has 0 unspecified atom stereocenters. The van der Waals surface area contributed by atoms with Crippen molar-refractivity contribution in [2.24, 2.45) is 0 Å². The zero-order chi connectivity index (χ0) is 17.1. The van der Waals surface area contributed by atoms with Gasteiger partial charge in [0, 0.05) is 25.0 Å². The number of amides is 1. The van der Waals surface area contributed by atoms with Gasteiger partial charge in [-0.2, -0.15) is 0 Å². The molecule has 0 bridgehead atoms. The third-order valence-corrected chi connectivity index (χ3v) is 4.20. The number of aromatic nitrogens is 2. The van der Waals surface area contributed by atoms with E-state index in [1.807, 2.05) is 58.9 Å². The van der Waals surface area contributed by atoms with Crippen LogP contribution in [-0.2, 0) is 17.8 Å². The molecule has 4 nitrogen and oxygen atoms in total. The summed E-state index contributed by atoms with van der Waals surface area (Å²) in [6.45, 7) is 6.76. The van der Waals surface area contributed by atoms with E-state index in [1.54, 1.807) is 0 Å². The van der Waals surface area contributed by atoms with Crippen molar-refractivity contribution in [2.75, 3.05) is 0 Å². The minimum absolute atomic E-state index is 0.106. The van der Waals surface area contributed by atoms with Gasteiger partial charge in [-0.1, -0.05) is 36.4 Å². The molecule has 124 valence electrons. The number of carbonyl (C=O) groups excluding carboxylic acids is 1. The molecular formula is C20H23N3O. The molecule has 3 rings (SSSR count). The van der Waals surface area contributed by atoms with Crippen molar-refractivity contribution in [2.45, 2.75) is 39.8 Å². The predicted molar refractivity (Wildman–Crippen MR) is 95.8 cm³/mol. The monoisotopic (exact) mass is 321 g/mol. The molecule has 0 fully saturated rings. The van der Waals surface area contributed by atoms with Gasteiger partial charge in [0.25, 0.3) is 0 Å². The van der Waals surface area contributed by atoms with Gasteiger partial charge in [0.1, 0.15) is 5.65 Å². The number of hydrogen-bond acceptors (Lipinski definition) is 2. The first-order chi connectivity index (χ1) is 11.5. The van der Waals surface area contributed by atoms with Crippen LogP contribution in [0.3, 0.4) is 0 Å². The number of carbonyl (C=O) groups is 1. The molecule has 2 aromatic heterocycles. The molecule has 0 saturated carbocycles. The highest BCUT2D eigenvalue weighted by Gasteiger charge is 2.19. The van der Waals surface area contributed by atoms with Crippen molar-refractivity contribution >= 4 is 11.6 Å². The lowest BCUT2D eigenvalue weighted by molar-refractivity contribution is -0.132. The molecule has 0 N–H and O–H groups in total. The van der Waals surface area contributed by atoms with Gasteiger partial charge in [0.05, 0.1) is 12.1 Å². The van der Waals surface area contributed by atoms with E-state index in [2.05, 4.69) is 31.0 Å². The number of hydrogen-bond donors (Lipinski definition) is 0. The molecule has 0 aliphatic rings. The van der Waals surface area contributed by atoms with Crippen molar-refractivity contribution in [1.29, 1.82) is 0 Å². The molecule has 0 atom stereocenters. The second-order valence-electron chi connectivity index (χ2n) is 6.43. The van der Waals surface area contributed by atoms with Gasteiger partial charge in [-0.15, -0.1) is 0 Å². The molecular weight excluding hydrogens is 298 g/mol. The Morgan fingerprint density at radius 2 is 1.92 bits per heavy atom. The molecule has 0 spiro atoms. The van der Waals surface area contributed by atoms with Crippen LogP contribution in [-0.4, -0.2) is 26.2 Å². The minimum atomic E-state index is 0.106. The van der Waals surface area contributed by atoms with Crippen molar-refractivity contribution < 1.29 is 4.79 Å². The van der Waals surface area contributed by atoms with Gasteiger partial charge in [-0.05, 0) is 38.0 Å². The third-order valence-electron chi connectivity index (χ3n) is 4.20. The van der Waals surface area contributed by atoms with E-state index in [9.17, 15) is 4.79 Å². The Balaban J connectivity index is 1.78. The molecule has 0 aliphatic heterocycles. The summed E-state index contributed by atoms with van der Waals surface area (Å²) in [7, 11) is 0. The smallest absolute Gasteiger partial charge is 0.229 e. The number of benzene rings is 1. The van der Waals surface area contributed by atoms with Crippen molar-refractivity contribution in [1.82, 2.24) is 14.3 Å². The van der Waals surface area contributed by atoms with Gasteiger partial charge in [0.2, 0.25) is 5.91 Å². The van der Waals surface area contributed by atoms with Crippen molar-refractivity contribution in [3.63, 3.8) is 0 Å². The second kappa shape index (κ2) is 6.87. The van der Waals surface area contributed by atoms with E-state index in [-0.39, 0.29) is 11.9 Å². The highest BCUT2D eigenvalue weighted by atomic mass is 16.2. The first-order valence-corrected chi connectivity index (χ1v) is 8.31. The molecule has 24 heavy (non-hydrogen) atoms. The van der Waals surface area contributed by atoms with E-state index >= 15 is 0 Å². The van der Waals surface area contributed by atoms with Crippen LogP contribution >= 0.6 is 0 Å². The fourth-order valence-electron chi connectivity index (χ4n) is 2.88. The summed E-state index contributed by atoms with van der Waals surface area (Å²) >= 11 is 0. The number of rotatable bonds is 5. The quantitative estimate of drug-likeness (QED) is 0.720. The van der Waals surface area contributed by atoms with E-state index in [0.717, 1.165) is 22.5 Å². The standard InChI is InChI=1S/C20H23N3O/c1-15(2)23(13-17-9-5-4-6-10-17)19(24)12-18-14-22-11-7-8-16(3)20(22)21-18/h4-11,14-15H,12-13H2,1-3H3. The Bertz CT molecular complexity index is 836. The fourth-order valence-corrected chi connectivity index (χ4v) is 2.88. The zero-order valence-electron chi connectivity index (χ0n) is 14.4. The lowest BCUT2D eigenvalue weighted by atomic mass is 10.1. The van der Waals surface area contributed by atoms with Crippen molar-refractivity contribution in [3.05, 3.63) is 71.7 Å². The van der Waals surface area contributed by atoms with Crippen LogP contribution < -0.4 is 0 Å². The van der Waals surface area contributed by atoms with E-state index in [1.165, 1.54) is 0 Å². The number of nitrogens with zero attached hydrogens (tertiary/aromatic N) is 3. The van der Waals surface area contributed by atoms with Crippen LogP contribution in [0.25, 0.3) is 5.65 Å². The Hall–Kier alpha value is -2.62. The zero-order valence-corrected chi connectivity index (χ0v) is 14.4. The first-order valence-electron chi connectivity index (χ1n) is 8.31. The molecule has 0 saturated heterocycles. The van der Waals surface area contributed by atoms with Gasteiger partial charge in [-0.3, -0.25) is 4.79 Å². The lowest BCUT2D eigenvalue weighted by Gasteiger charge is -2.26. The van der Waals surface area contributed by atoms with Gasteiger partial charge >= 0.3 is 0 Å². The SMILES string of the molecule is Cc1cccn2cc(CC(=O)N(Cc3ccccc3)C(C)C)nc12. The van der Waals surface area contributed by atoms with E-state index in [4.69, 9.17) is 0 Å². The molecule has 0 aliphatic carbocycles. The summed E-state index contributed by atoms with van der Waals surface area (Å²) in [5.74, 6) is 0.106. The van der Waals surface area contributed by atoms with Gasteiger partial charge in [-0.25, -0.2) is 4.98 Å². The number of fused-ring (bicyclic) bond motifs is 1. The molecule has 4 heteroatoms. The Kier molecular flexibility index (Phi) is 4.65. The summed E-state index contributed by atoms with van der Waals surface area (Å²) in [6, 6.07) is 14.3. The maximum Gasteiger partial charge on any atom is 0.229 e. The van der Waals surface area contributed by atoms with Crippen LogP contribution in [0.4, 0.5) is 0 Å². The average molecular weight is 321 g/mol. The third kappa shape index (κ3) is 3.48. The van der Waals surface area contributed by atoms with E-state index < -0.39 is 0 Å². The lowest BCUT2D eigenvalue weighted by Crippen LogP contribution is -2.37. The molecule has 0 radical (unpaired) electrons. The maximum atomic E-state index is 12.8. The maximum absolute atomic E-state index is 12.8. The van der Waals surface area contributed by atoms with Crippen LogP contribution in [0.5, 0.6) is 0 Å². The van der Waals surface area contributed by atoms with Gasteiger partial charge < -0.3 is 9.30 Å². The minimum Gasteiger partial charge on any atom is -0.336 e. The largest absolute Gasteiger partial charge is 0.336 e. The number of aryl methyl sites for hydroxylation is 1. The van der Waals surface area contributed by atoms with Crippen LogP contribution in [0, 0.1) is 6.92 Å². The second-order valence-corrected chi connectivity index (χ2v) is 6.43. The molecule has 2 heterocycles. The fraction of sp³-hybridized carbons (Fsp3) is 0.300. The summed E-state index contributed by atoms with van der Waals surface area (Å²) in [6.07, 6.45) is 4.24.